The minimum atomic E-state index is -3.64. The van der Waals surface area contributed by atoms with Crippen LogP contribution in [0.5, 0.6) is 0 Å². The number of rotatable bonds is 5. The molecular formula is C20H32N4O3S. The van der Waals surface area contributed by atoms with E-state index in [1.807, 2.05) is 13.8 Å². The van der Waals surface area contributed by atoms with Gasteiger partial charge in [0, 0.05) is 39.3 Å². The van der Waals surface area contributed by atoms with Gasteiger partial charge in [-0.2, -0.15) is 4.31 Å². The van der Waals surface area contributed by atoms with Crippen molar-refractivity contribution in [2.24, 2.45) is 5.92 Å². The molecule has 1 aromatic carbocycles. The number of hydrogen-bond acceptors (Lipinski definition) is 5. The summed E-state index contributed by atoms with van der Waals surface area (Å²) in [5.41, 5.74) is 0. The first-order valence-electron chi connectivity index (χ1n) is 10.1. The van der Waals surface area contributed by atoms with Crippen LogP contribution in [0.1, 0.15) is 20.3 Å². The molecule has 1 atom stereocenters. The average Bonchev–Trinajstić information content (AvgIpc) is 2.69. The molecule has 0 radical (unpaired) electrons. The third-order valence-electron chi connectivity index (χ3n) is 5.61. The summed E-state index contributed by atoms with van der Waals surface area (Å²) < 4.78 is 28.1. The zero-order valence-electron chi connectivity index (χ0n) is 17.1. The highest BCUT2D eigenvalue weighted by atomic mass is 32.2. The Morgan fingerprint density at radius 1 is 1.04 bits per heavy atom. The second kappa shape index (κ2) is 8.90. The highest BCUT2D eigenvalue weighted by Gasteiger charge is 2.41. The second-order valence-electron chi connectivity index (χ2n) is 8.11. The Labute approximate surface area is 168 Å². The van der Waals surface area contributed by atoms with Gasteiger partial charge in [0.1, 0.15) is 6.17 Å². The van der Waals surface area contributed by atoms with Gasteiger partial charge in [-0.3, -0.25) is 9.69 Å². The SMILES string of the molecule is CC(C)[C@H]1N(C(=O)CN2CCN(C)CC2)CCCN1S(=O)(=O)c1ccccc1. The Morgan fingerprint density at radius 3 is 2.29 bits per heavy atom. The third-order valence-corrected chi connectivity index (χ3v) is 7.50. The minimum absolute atomic E-state index is 0.00947. The minimum Gasteiger partial charge on any atom is -0.325 e. The van der Waals surface area contributed by atoms with Gasteiger partial charge in [0.2, 0.25) is 15.9 Å². The topological polar surface area (TPSA) is 64.2 Å². The lowest BCUT2D eigenvalue weighted by Gasteiger charge is -2.45. The molecule has 0 unspecified atom stereocenters. The maximum Gasteiger partial charge on any atom is 0.244 e. The summed E-state index contributed by atoms with van der Waals surface area (Å²) >= 11 is 0. The molecule has 8 heteroatoms. The molecule has 2 aliphatic rings. The summed E-state index contributed by atoms with van der Waals surface area (Å²) in [5.74, 6) is 0.0337. The van der Waals surface area contributed by atoms with E-state index in [1.54, 1.807) is 35.2 Å². The number of benzene rings is 1. The van der Waals surface area contributed by atoms with E-state index in [-0.39, 0.29) is 16.7 Å². The van der Waals surface area contributed by atoms with Gasteiger partial charge in [0.05, 0.1) is 11.4 Å². The molecule has 1 aromatic rings. The zero-order valence-corrected chi connectivity index (χ0v) is 17.9. The van der Waals surface area contributed by atoms with Gasteiger partial charge in [0.25, 0.3) is 0 Å². The van der Waals surface area contributed by atoms with E-state index >= 15 is 0 Å². The van der Waals surface area contributed by atoms with Crippen LogP contribution in [0, 0.1) is 5.92 Å². The molecule has 0 saturated carbocycles. The molecule has 156 valence electrons. The van der Waals surface area contributed by atoms with Crippen LogP contribution in [0.3, 0.4) is 0 Å². The largest absolute Gasteiger partial charge is 0.325 e. The Kier molecular flexibility index (Phi) is 6.75. The summed E-state index contributed by atoms with van der Waals surface area (Å²) in [4.78, 5) is 19.6. The Hall–Kier alpha value is -1.48. The van der Waals surface area contributed by atoms with Crippen LogP contribution in [0.25, 0.3) is 0 Å². The number of hydrogen-bond donors (Lipinski definition) is 0. The van der Waals surface area contributed by atoms with Crippen molar-refractivity contribution >= 4 is 15.9 Å². The van der Waals surface area contributed by atoms with Crippen LogP contribution >= 0.6 is 0 Å². The molecule has 0 spiro atoms. The van der Waals surface area contributed by atoms with Crippen molar-refractivity contribution in [2.45, 2.75) is 31.3 Å². The lowest BCUT2D eigenvalue weighted by atomic mass is 10.1. The normalized spacial score (nSPS) is 23.3. The van der Waals surface area contributed by atoms with Crippen molar-refractivity contribution in [1.82, 2.24) is 19.0 Å². The lowest BCUT2D eigenvalue weighted by molar-refractivity contribution is -0.141. The maximum atomic E-state index is 13.3. The van der Waals surface area contributed by atoms with E-state index in [2.05, 4.69) is 16.8 Å². The fraction of sp³-hybridized carbons (Fsp3) is 0.650. The molecule has 0 bridgehead atoms. The van der Waals surface area contributed by atoms with Crippen molar-refractivity contribution in [3.8, 4) is 0 Å². The van der Waals surface area contributed by atoms with Gasteiger partial charge in [-0.1, -0.05) is 32.0 Å². The lowest BCUT2D eigenvalue weighted by Crippen LogP contribution is -2.61. The number of carbonyl (C=O) groups is 1. The molecule has 2 heterocycles. The van der Waals surface area contributed by atoms with Crippen LogP contribution in [0.4, 0.5) is 0 Å². The van der Waals surface area contributed by atoms with Crippen LogP contribution < -0.4 is 0 Å². The summed E-state index contributed by atoms with van der Waals surface area (Å²) in [5, 5.41) is 0. The van der Waals surface area contributed by atoms with Gasteiger partial charge in [-0.15, -0.1) is 0 Å². The highest BCUT2D eigenvalue weighted by molar-refractivity contribution is 7.89. The molecule has 3 rings (SSSR count). The second-order valence-corrected chi connectivity index (χ2v) is 10.00. The van der Waals surface area contributed by atoms with Gasteiger partial charge >= 0.3 is 0 Å². The molecule has 2 fully saturated rings. The molecule has 1 amide bonds. The molecule has 28 heavy (non-hydrogen) atoms. The fourth-order valence-corrected chi connectivity index (χ4v) is 5.84. The van der Waals surface area contributed by atoms with E-state index in [0.29, 0.717) is 26.1 Å². The third kappa shape index (κ3) is 4.56. The molecule has 0 aliphatic carbocycles. The molecule has 0 aromatic heterocycles. The van der Waals surface area contributed by atoms with Crippen molar-refractivity contribution in [1.29, 1.82) is 0 Å². The Morgan fingerprint density at radius 2 is 1.68 bits per heavy atom. The number of amides is 1. The highest BCUT2D eigenvalue weighted by Crippen LogP contribution is 2.28. The first-order chi connectivity index (χ1) is 13.3. The van der Waals surface area contributed by atoms with Crippen molar-refractivity contribution in [3.05, 3.63) is 30.3 Å². The van der Waals surface area contributed by atoms with Gasteiger partial charge in [-0.25, -0.2) is 8.42 Å². The van der Waals surface area contributed by atoms with Crippen molar-refractivity contribution < 1.29 is 13.2 Å². The zero-order chi connectivity index (χ0) is 20.3. The van der Waals surface area contributed by atoms with Gasteiger partial charge in [-0.05, 0) is 31.5 Å². The predicted octanol–water partition coefficient (Wildman–Crippen LogP) is 1.14. The smallest absolute Gasteiger partial charge is 0.244 e. The monoisotopic (exact) mass is 408 g/mol. The number of nitrogens with zero attached hydrogens (tertiary/aromatic N) is 4. The van der Waals surface area contributed by atoms with Crippen molar-refractivity contribution in [3.63, 3.8) is 0 Å². The van der Waals surface area contributed by atoms with E-state index < -0.39 is 16.2 Å². The molecule has 0 N–H and O–H groups in total. The average molecular weight is 409 g/mol. The standard InChI is InChI=1S/C20H32N4O3S/c1-17(2)20-23(19(25)16-22-14-12-21(3)13-15-22)10-7-11-24(20)28(26,27)18-8-5-4-6-9-18/h4-6,8-9,17,20H,7,10-16H2,1-3H3/t20-/m0/s1. The summed E-state index contributed by atoms with van der Waals surface area (Å²) in [6.45, 7) is 9.03. The molecule has 2 aliphatic heterocycles. The van der Waals surface area contributed by atoms with Crippen LogP contribution in [-0.2, 0) is 14.8 Å². The Bertz CT molecular complexity index is 761. The van der Waals surface area contributed by atoms with E-state index in [0.717, 1.165) is 26.2 Å². The number of piperazine rings is 1. The predicted molar refractivity (Wildman–Crippen MR) is 109 cm³/mol. The summed E-state index contributed by atoms with van der Waals surface area (Å²) in [7, 11) is -1.56. The first-order valence-corrected chi connectivity index (χ1v) is 11.5. The first kappa shape index (κ1) is 21.2. The van der Waals surface area contributed by atoms with E-state index in [9.17, 15) is 13.2 Å². The quantitative estimate of drug-likeness (QED) is 0.731. The molecular weight excluding hydrogens is 376 g/mol. The Balaban J connectivity index is 1.79. The summed E-state index contributed by atoms with van der Waals surface area (Å²) in [6.07, 6.45) is 0.211. The van der Waals surface area contributed by atoms with E-state index in [1.165, 1.54) is 4.31 Å². The van der Waals surface area contributed by atoms with Crippen LogP contribution in [-0.4, -0.2) is 92.4 Å². The number of likely N-dealkylation sites (N-methyl/N-ethyl adjacent to an activating group) is 1. The van der Waals surface area contributed by atoms with Gasteiger partial charge in [0.15, 0.2) is 0 Å². The van der Waals surface area contributed by atoms with Crippen LogP contribution in [0.2, 0.25) is 0 Å². The van der Waals surface area contributed by atoms with Crippen molar-refractivity contribution in [2.75, 3.05) is 52.9 Å². The van der Waals surface area contributed by atoms with E-state index in [4.69, 9.17) is 0 Å². The molecule has 7 nitrogen and oxygen atoms in total. The number of carbonyl (C=O) groups excluding carboxylic acids is 1. The molecule has 2 saturated heterocycles. The van der Waals surface area contributed by atoms with Gasteiger partial charge < -0.3 is 9.80 Å². The summed E-state index contributed by atoms with van der Waals surface area (Å²) in [6, 6.07) is 8.52. The number of sulfonamides is 1. The van der Waals surface area contributed by atoms with Crippen LogP contribution in [0.15, 0.2) is 35.2 Å². The fourth-order valence-electron chi connectivity index (χ4n) is 4.06. The maximum absolute atomic E-state index is 13.3.